The van der Waals surface area contributed by atoms with E-state index in [1.807, 2.05) is 13.0 Å². The maximum absolute atomic E-state index is 12.0. The minimum atomic E-state index is -0.366. The molecule has 146 valence electrons. The third-order valence-electron chi connectivity index (χ3n) is 5.86. The summed E-state index contributed by atoms with van der Waals surface area (Å²) in [6.07, 6.45) is 6.46. The van der Waals surface area contributed by atoms with Gasteiger partial charge in [-0.2, -0.15) is 0 Å². The number of nitrogens with zero attached hydrogens (tertiary/aromatic N) is 2. The molecule has 5 heteroatoms. The van der Waals surface area contributed by atoms with E-state index in [0.29, 0.717) is 11.5 Å². The predicted molar refractivity (Wildman–Crippen MR) is 116 cm³/mol. The van der Waals surface area contributed by atoms with Crippen LogP contribution >= 0.6 is 11.3 Å². The Balaban J connectivity index is 1.71. The van der Waals surface area contributed by atoms with Crippen molar-refractivity contribution in [2.45, 2.75) is 52.5 Å². The quantitative estimate of drug-likeness (QED) is 0.615. The number of nitrogens with two attached hydrogens (primary N) is 1. The SMILES string of the molecule is Cc1ccc(-c2nc(-c3cc(C(N)=O)c(C)n3CC3CCCCC3)cs2)cc1. The minimum Gasteiger partial charge on any atom is -0.366 e. The molecule has 1 aromatic carbocycles. The molecule has 0 unspecified atom stereocenters. The van der Waals surface area contributed by atoms with Crippen molar-refractivity contribution in [2.24, 2.45) is 11.7 Å². The first kappa shape index (κ1) is 18.9. The van der Waals surface area contributed by atoms with Crippen LogP contribution in [0.5, 0.6) is 0 Å². The van der Waals surface area contributed by atoms with Crippen LogP contribution in [0.1, 0.15) is 53.7 Å². The molecule has 1 amide bonds. The zero-order chi connectivity index (χ0) is 19.7. The van der Waals surface area contributed by atoms with Crippen LogP contribution in [0.15, 0.2) is 35.7 Å². The van der Waals surface area contributed by atoms with Crippen molar-refractivity contribution in [3.05, 3.63) is 52.5 Å². The molecule has 4 rings (SSSR count). The topological polar surface area (TPSA) is 60.9 Å². The third kappa shape index (κ3) is 3.76. The van der Waals surface area contributed by atoms with Crippen LogP contribution in [0.2, 0.25) is 0 Å². The molecule has 4 nitrogen and oxygen atoms in total. The van der Waals surface area contributed by atoms with Crippen molar-refractivity contribution < 1.29 is 4.79 Å². The van der Waals surface area contributed by atoms with Crippen LogP contribution in [0.25, 0.3) is 22.0 Å². The molecule has 1 fully saturated rings. The molecular formula is C23H27N3OS. The molecule has 0 saturated heterocycles. The van der Waals surface area contributed by atoms with E-state index in [-0.39, 0.29) is 5.91 Å². The number of benzene rings is 1. The van der Waals surface area contributed by atoms with Crippen molar-refractivity contribution in [1.82, 2.24) is 9.55 Å². The van der Waals surface area contributed by atoms with Crippen molar-refractivity contribution in [1.29, 1.82) is 0 Å². The smallest absolute Gasteiger partial charge is 0.250 e. The number of aromatic nitrogens is 2. The molecule has 2 heterocycles. The number of amides is 1. The average molecular weight is 394 g/mol. The Morgan fingerprint density at radius 2 is 1.89 bits per heavy atom. The predicted octanol–water partition coefficient (Wildman–Crippen LogP) is 5.57. The number of thiazole rings is 1. The van der Waals surface area contributed by atoms with Gasteiger partial charge in [-0.15, -0.1) is 11.3 Å². The van der Waals surface area contributed by atoms with Gasteiger partial charge in [0.1, 0.15) is 5.01 Å². The Morgan fingerprint density at radius 1 is 1.18 bits per heavy atom. The Labute approximate surface area is 170 Å². The van der Waals surface area contributed by atoms with E-state index < -0.39 is 0 Å². The number of rotatable bonds is 5. The van der Waals surface area contributed by atoms with Gasteiger partial charge in [0.2, 0.25) is 0 Å². The first-order valence-electron chi connectivity index (χ1n) is 10.1. The minimum absolute atomic E-state index is 0.366. The number of primary amides is 1. The van der Waals surface area contributed by atoms with Gasteiger partial charge in [0, 0.05) is 23.2 Å². The summed E-state index contributed by atoms with van der Waals surface area (Å²) in [6.45, 7) is 5.02. The number of hydrogen-bond donors (Lipinski definition) is 1. The van der Waals surface area contributed by atoms with Crippen molar-refractivity contribution in [3.8, 4) is 22.0 Å². The second-order valence-electron chi connectivity index (χ2n) is 7.91. The summed E-state index contributed by atoms with van der Waals surface area (Å²) in [5.41, 5.74) is 11.5. The molecule has 0 aliphatic heterocycles. The number of hydrogen-bond acceptors (Lipinski definition) is 3. The fraction of sp³-hybridized carbons (Fsp3) is 0.391. The summed E-state index contributed by atoms with van der Waals surface area (Å²) in [6, 6.07) is 10.4. The molecule has 0 spiro atoms. The Hall–Kier alpha value is -2.40. The van der Waals surface area contributed by atoms with Crippen molar-refractivity contribution >= 4 is 17.2 Å². The van der Waals surface area contributed by atoms with E-state index in [9.17, 15) is 4.79 Å². The van der Waals surface area contributed by atoms with Gasteiger partial charge < -0.3 is 10.3 Å². The molecule has 0 radical (unpaired) electrons. The fourth-order valence-corrected chi connectivity index (χ4v) is 5.01. The van der Waals surface area contributed by atoms with Gasteiger partial charge in [0.25, 0.3) is 5.91 Å². The highest BCUT2D eigenvalue weighted by Gasteiger charge is 2.22. The Morgan fingerprint density at radius 3 is 2.57 bits per heavy atom. The van der Waals surface area contributed by atoms with Crippen LogP contribution in [-0.4, -0.2) is 15.5 Å². The maximum Gasteiger partial charge on any atom is 0.250 e. The monoisotopic (exact) mass is 393 g/mol. The summed E-state index contributed by atoms with van der Waals surface area (Å²) >= 11 is 1.64. The highest BCUT2D eigenvalue weighted by molar-refractivity contribution is 7.13. The van der Waals surface area contributed by atoms with E-state index in [1.54, 1.807) is 11.3 Å². The van der Waals surface area contributed by atoms with Crippen LogP contribution in [0.4, 0.5) is 0 Å². The molecule has 3 aromatic rings. The van der Waals surface area contributed by atoms with E-state index >= 15 is 0 Å². The van der Waals surface area contributed by atoms with Crippen molar-refractivity contribution in [2.75, 3.05) is 0 Å². The standard InChI is InChI=1S/C23H27N3OS/c1-15-8-10-18(11-9-15)23-25-20(14-28-23)21-12-19(22(24)27)16(2)26(21)13-17-6-4-3-5-7-17/h8-12,14,17H,3-7,13H2,1-2H3,(H2,24,27). The number of carbonyl (C=O) groups excluding carboxylic acids is 1. The van der Waals surface area contributed by atoms with Gasteiger partial charge in [-0.05, 0) is 38.7 Å². The molecular weight excluding hydrogens is 366 g/mol. The highest BCUT2D eigenvalue weighted by atomic mass is 32.1. The molecule has 0 atom stereocenters. The van der Waals surface area contributed by atoms with E-state index in [2.05, 4.69) is 41.1 Å². The lowest BCUT2D eigenvalue weighted by molar-refractivity contribution is 0.0999. The summed E-state index contributed by atoms with van der Waals surface area (Å²) in [7, 11) is 0. The van der Waals surface area contributed by atoms with Crippen LogP contribution in [0, 0.1) is 19.8 Å². The summed E-state index contributed by atoms with van der Waals surface area (Å²) < 4.78 is 2.27. The molecule has 1 aliphatic carbocycles. The summed E-state index contributed by atoms with van der Waals surface area (Å²) in [5, 5.41) is 3.09. The van der Waals surface area contributed by atoms with Gasteiger partial charge >= 0.3 is 0 Å². The maximum atomic E-state index is 12.0. The summed E-state index contributed by atoms with van der Waals surface area (Å²) in [4.78, 5) is 16.9. The van der Waals surface area contributed by atoms with Crippen molar-refractivity contribution in [3.63, 3.8) is 0 Å². The molecule has 2 N–H and O–H groups in total. The van der Waals surface area contributed by atoms with Gasteiger partial charge in [0.05, 0.1) is 17.0 Å². The second kappa shape index (κ2) is 7.92. The van der Waals surface area contributed by atoms with E-state index in [0.717, 1.165) is 34.2 Å². The molecule has 0 bridgehead atoms. The molecule has 2 aromatic heterocycles. The Kier molecular flexibility index (Phi) is 5.36. The van der Waals surface area contributed by atoms with E-state index in [4.69, 9.17) is 10.7 Å². The van der Waals surface area contributed by atoms with Gasteiger partial charge in [-0.25, -0.2) is 4.98 Å². The van der Waals surface area contributed by atoms with Gasteiger partial charge in [-0.3, -0.25) is 4.79 Å². The van der Waals surface area contributed by atoms with E-state index in [1.165, 1.54) is 37.7 Å². The lowest BCUT2D eigenvalue weighted by atomic mass is 9.89. The lowest BCUT2D eigenvalue weighted by Gasteiger charge is -2.24. The number of aryl methyl sites for hydroxylation is 1. The summed E-state index contributed by atoms with van der Waals surface area (Å²) in [5.74, 6) is 0.296. The Bertz CT molecular complexity index is 978. The first-order chi connectivity index (χ1) is 13.5. The van der Waals surface area contributed by atoms with Crippen LogP contribution < -0.4 is 5.73 Å². The zero-order valence-electron chi connectivity index (χ0n) is 16.6. The largest absolute Gasteiger partial charge is 0.366 e. The van der Waals surface area contributed by atoms with Crippen LogP contribution in [-0.2, 0) is 6.54 Å². The highest BCUT2D eigenvalue weighted by Crippen LogP contribution is 2.34. The molecule has 28 heavy (non-hydrogen) atoms. The first-order valence-corrected chi connectivity index (χ1v) is 10.9. The average Bonchev–Trinajstić information content (AvgIpc) is 3.29. The van der Waals surface area contributed by atoms with Gasteiger partial charge in [-0.1, -0.05) is 49.1 Å². The molecule has 1 aliphatic rings. The van der Waals surface area contributed by atoms with Gasteiger partial charge in [0.15, 0.2) is 0 Å². The number of carbonyl (C=O) groups is 1. The molecule has 1 saturated carbocycles. The van der Waals surface area contributed by atoms with Crippen LogP contribution in [0.3, 0.4) is 0 Å². The third-order valence-corrected chi connectivity index (χ3v) is 6.75. The normalized spacial score (nSPS) is 15.1. The zero-order valence-corrected chi connectivity index (χ0v) is 17.4. The lowest BCUT2D eigenvalue weighted by Crippen LogP contribution is -2.17. The fourth-order valence-electron chi connectivity index (χ4n) is 4.19. The second-order valence-corrected chi connectivity index (χ2v) is 8.77.